The number of benzene rings is 1. The van der Waals surface area contributed by atoms with Gasteiger partial charge in [0.1, 0.15) is 11.5 Å². The predicted molar refractivity (Wildman–Crippen MR) is 91.6 cm³/mol. The number of aliphatic carboxylic acids is 1. The molecule has 0 aliphatic heterocycles. The number of carbonyl (C=O) groups is 2. The third kappa shape index (κ3) is 4.58. The molecule has 0 saturated heterocycles. The maximum absolute atomic E-state index is 11.6. The number of hydrogen-bond donors (Lipinski definition) is 2. The van der Waals surface area contributed by atoms with Crippen molar-refractivity contribution in [2.24, 2.45) is 0 Å². The number of anilines is 1. The van der Waals surface area contributed by atoms with Gasteiger partial charge in [-0.2, -0.15) is 0 Å². The van der Waals surface area contributed by atoms with Gasteiger partial charge in [0.15, 0.2) is 11.8 Å². The fraction of sp³-hybridized carbons (Fsp3) is 0.250. The fourth-order valence-electron chi connectivity index (χ4n) is 1.99. The van der Waals surface area contributed by atoms with Crippen molar-refractivity contribution in [2.75, 3.05) is 11.9 Å². The molecule has 1 aromatic heterocycles. The van der Waals surface area contributed by atoms with E-state index in [0.29, 0.717) is 5.69 Å². The molecule has 2 N–H and O–H groups in total. The lowest BCUT2D eigenvalue weighted by molar-refractivity contribution is -0.138. The van der Waals surface area contributed by atoms with Crippen LogP contribution in [-0.2, 0) is 9.53 Å². The molecule has 7 nitrogen and oxygen atoms in total. The summed E-state index contributed by atoms with van der Waals surface area (Å²) in [6, 6.07) is 4.81. The highest BCUT2D eigenvalue weighted by Crippen LogP contribution is 2.34. The number of carboxylic acid groups (broad SMARTS) is 1. The van der Waals surface area contributed by atoms with E-state index in [9.17, 15) is 14.7 Å². The Morgan fingerprint density at radius 2 is 2.08 bits per heavy atom. The lowest BCUT2D eigenvalue weighted by Crippen LogP contribution is -2.20. The first-order valence-corrected chi connectivity index (χ1v) is 7.97. The second-order valence-corrected chi connectivity index (χ2v) is 5.66. The Labute approximate surface area is 153 Å². The summed E-state index contributed by atoms with van der Waals surface area (Å²) in [6.07, 6.45) is -0.907. The highest BCUT2D eigenvalue weighted by molar-refractivity contribution is 6.43. The van der Waals surface area contributed by atoms with E-state index in [-0.39, 0.29) is 33.9 Å². The Morgan fingerprint density at radius 3 is 2.72 bits per heavy atom. The molecule has 0 fully saturated rings. The molecule has 0 aliphatic carbocycles. The van der Waals surface area contributed by atoms with Crippen molar-refractivity contribution in [1.82, 2.24) is 0 Å². The van der Waals surface area contributed by atoms with E-state index >= 15 is 0 Å². The third-order valence-electron chi connectivity index (χ3n) is 3.13. The molecule has 2 rings (SSSR count). The fourth-order valence-corrected chi connectivity index (χ4v) is 2.35. The molecule has 0 aliphatic rings. The van der Waals surface area contributed by atoms with E-state index < -0.39 is 18.2 Å². The smallest absolute Gasteiger partial charge is 0.479 e. The topological polar surface area (TPSA) is 98.0 Å². The van der Waals surface area contributed by atoms with Crippen LogP contribution in [0.1, 0.15) is 24.5 Å². The number of carboxylic acids is 1. The van der Waals surface area contributed by atoms with E-state index in [1.807, 2.05) is 0 Å². The number of carbonyl (C=O) groups excluding carboxylic acids is 1. The van der Waals surface area contributed by atoms with Crippen LogP contribution in [-0.4, -0.2) is 23.8 Å². The first kappa shape index (κ1) is 19.0. The van der Waals surface area contributed by atoms with E-state index in [1.165, 1.54) is 13.0 Å². The van der Waals surface area contributed by atoms with Gasteiger partial charge in [0.2, 0.25) is 0 Å². The number of rotatable bonds is 6. The Bertz CT molecular complexity index is 789. The van der Waals surface area contributed by atoms with Crippen molar-refractivity contribution in [3.63, 3.8) is 0 Å². The molecule has 0 spiro atoms. The number of nitrogens with one attached hydrogen (secondary N) is 1. The van der Waals surface area contributed by atoms with E-state index in [2.05, 4.69) is 10.1 Å². The van der Waals surface area contributed by atoms with Crippen molar-refractivity contribution in [3.05, 3.63) is 45.8 Å². The number of furan rings is 1. The summed E-state index contributed by atoms with van der Waals surface area (Å²) in [5, 5.41) is 12.7. The normalized spacial score (nSPS) is 11.7. The summed E-state index contributed by atoms with van der Waals surface area (Å²) >= 11 is 12.0. The van der Waals surface area contributed by atoms with Crippen LogP contribution < -0.4 is 10.1 Å². The van der Waals surface area contributed by atoms with Gasteiger partial charge >= 0.3 is 12.1 Å². The summed E-state index contributed by atoms with van der Waals surface area (Å²) < 4.78 is 15.0. The molecular formula is C16H15Cl2NO6. The predicted octanol–water partition coefficient (Wildman–Crippen LogP) is 4.67. The number of hydrogen-bond acceptors (Lipinski definition) is 6. The van der Waals surface area contributed by atoms with E-state index in [1.54, 1.807) is 25.1 Å². The molecule has 25 heavy (non-hydrogen) atoms. The number of halogens is 2. The van der Waals surface area contributed by atoms with Crippen molar-refractivity contribution < 1.29 is 28.6 Å². The first-order valence-electron chi connectivity index (χ1n) is 7.21. The van der Waals surface area contributed by atoms with Crippen LogP contribution in [0.15, 0.2) is 28.7 Å². The van der Waals surface area contributed by atoms with Gasteiger partial charge in [-0.05, 0) is 26.0 Å². The Kier molecular flexibility index (Phi) is 6.17. The summed E-state index contributed by atoms with van der Waals surface area (Å²) in [6.45, 7) is 3.31. The van der Waals surface area contributed by atoms with Crippen LogP contribution in [0.5, 0.6) is 5.75 Å². The van der Waals surface area contributed by atoms with Crippen LogP contribution >= 0.6 is 23.2 Å². The molecule has 0 saturated carbocycles. The largest absolute Gasteiger partial charge is 0.513 e. The Hall–Kier alpha value is -2.38. The first-order chi connectivity index (χ1) is 11.8. The summed E-state index contributed by atoms with van der Waals surface area (Å²) in [5.41, 5.74) is 0.323. The van der Waals surface area contributed by atoms with E-state index in [0.717, 1.165) is 0 Å². The molecular weight excluding hydrogens is 373 g/mol. The molecule has 1 unspecified atom stereocenters. The molecule has 2 aromatic rings. The maximum atomic E-state index is 11.6. The zero-order chi connectivity index (χ0) is 18.6. The van der Waals surface area contributed by atoms with Crippen LogP contribution in [0.25, 0.3) is 0 Å². The molecule has 0 radical (unpaired) electrons. The average molecular weight is 388 g/mol. The van der Waals surface area contributed by atoms with Crippen molar-refractivity contribution in [2.45, 2.75) is 19.9 Å². The number of aryl methyl sites for hydroxylation is 1. The average Bonchev–Trinajstić information content (AvgIpc) is 2.89. The Balaban J connectivity index is 2.27. The van der Waals surface area contributed by atoms with Gasteiger partial charge in [0.25, 0.3) is 0 Å². The lowest BCUT2D eigenvalue weighted by Gasteiger charge is -2.15. The highest BCUT2D eigenvalue weighted by atomic mass is 35.5. The van der Waals surface area contributed by atoms with Crippen molar-refractivity contribution in [3.8, 4) is 5.75 Å². The maximum Gasteiger partial charge on any atom is 0.513 e. The van der Waals surface area contributed by atoms with Crippen LogP contribution in [0, 0.1) is 6.92 Å². The molecule has 1 atom stereocenters. The minimum Gasteiger partial charge on any atom is -0.479 e. The Morgan fingerprint density at radius 1 is 1.36 bits per heavy atom. The number of ether oxygens (including phenoxy) is 2. The molecule has 134 valence electrons. The second kappa shape index (κ2) is 8.13. The lowest BCUT2D eigenvalue weighted by atomic mass is 10.2. The van der Waals surface area contributed by atoms with Gasteiger partial charge in [0, 0.05) is 6.07 Å². The van der Waals surface area contributed by atoms with Gasteiger partial charge in [-0.1, -0.05) is 29.3 Å². The summed E-state index contributed by atoms with van der Waals surface area (Å²) in [4.78, 5) is 23.0. The van der Waals surface area contributed by atoms with E-state index in [4.69, 9.17) is 32.4 Å². The van der Waals surface area contributed by atoms with Crippen LogP contribution in [0.4, 0.5) is 10.5 Å². The third-order valence-corrected chi connectivity index (χ3v) is 3.95. The minimum atomic E-state index is -1.27. The quantitative estimate of drug-likeness (QED) is 0.694. The summed E-state index contributed by atoms with van der Waals surface area (Å²) in [7, 11) is 0. The molecule has 1 aromatic carbocycles. The zero-order valence-corrected chi connectivity index (χ0v) is 14.9. The summed E-state index contributed by atoms with van der Waals surface area (Å²) in [5.74, 6) is -0.889. The molecule has 9 heteroatoms. The van der Waals surface area contributed by atoms with Gasteiger partial charge in [-0.25, -0.2) is 9.59 Å². The molecule has 1 heterocycles. The van der Waals surface area contributed by atoms with Crippen LogP contribution in [0.2, 0.25) is 10.0 Å². The second-order valence-electron chi connectivity index (χ2n) is 4.87. The minimum absolute atomic E-state index is 0.0281. The van der Waals surface area contributed by atoms with Crippen molar-refractivity contribution in [1.29, 1.82) is 0 Å². The molecule has 0 amide bonds. The van der Waals surface area contributed by atoms with Gasteiger partial charge < -0.3 is 24.3 Å². The molecule has 0 bridgehead atoms. The highest BCUT2D eigenvalue weighted by Gasteiger charge is 2.27. The van der Waals surface area contributed by atoms with Gasteiger partial charge in [-0.15, -0.1) is 0 Å². The van der Waals surface area contributed by atoms with Gasteiger partial charge in [0.05, 0.1) is 22.3 Å². The van der Waals surface area contributed by atoms with Crippen LogP contribution in [0.3, 0.4) is 0 Å². The monoisotopic (exact) mass is 387 g/mol. The SMILES string of the molecule is CCOC(=O)Oc1cc(C(Nc2cccc(Cl)c2Cl)C(=O)O)oc1C. The zero-order valence-electron chi connectivity index (χ0n) is 13.3. The van der Waals surface area contributed by atoms with Crippen molar-refractivity contribution >= 4 is 41.0 Å². The van der Waals surface area contributed by atoms with Gasteiger partial charge in [-0.3, -0.25) is 0 Å². The standard InChI is InChI=1S/C16H15Cl2NO6/c1-3-23-16(22)25-11-7-12(24-8(11)2)14(15(20)21)19-10-6-4-5-9(17)13(10)18/h4-7,14,19H,3H2,1-2H3,(H,20,21).